The summed E-state index contributed by atoms with van der Waals surface area (Å²) in [6, 6.07) is 0. The van der Waals surface area contributed by atoms with Gasteiger partial charge in [-0.3, -0.25) is 10.0 Å². The van der Waals surface area contributed by atoms with Gasteiger partial charge in [-0.25, -0.2) is 5.48 Å². The molecule has 0 aliphatic rings. The molecule has 0 rings (SSSR count). The largest absolute Gasteiger partial charge is 0.303 e. The molecule has 0 fully saturated rings. The van der Waals surface area contributed by atoms with Crippen LogP contribution in [0.25, 0.3) is 0 Å². The van der Waals surface area contributed by atoms with Crippen LogP contribution in [0, 0.1) is 5.41 Å². The van der Waals surface area contributed by atoms with Crippen LogP contribution in [0.2, 0.25) is 0 Å². The molecule has 0 radical (unpaired) electrons. The zero-order valence-corrected chi connectivity index (χ0v) is 2.93. The average Bonchev–Trinajstić information content (AvgIpc) is 1.65. The van der Waals surface area contributed by atoms with Crippen LogP contribution >= 0.6 is 0 Å². The van der Waals surface area contributed by atoms with Gasteiger partial charge >= 0.3 is 0 Å². The fraction of sp³-hybridized carbons (Fsp3) is 0. The van der Waals surface area contributed by atoms with Crippen LogP contribution in [0.15, 0.2) is 0 Å². The first-order valence-electron chi connectivity index (χ1n) is 1.26. The van der Waals surface area contributed by atoms with Crippen molar-refractivity contribution in [2.45, 2.75) is 0 Å². The van der Waals surface area contributed by atoms with E-state index in [-0.39, 0.29) is 0 Å². The number of rotatable bonds is 1. The fourth-order valence-corrected chi connectivity index (χ4v) is 0.0323. The molecule has 34 valence electrons. The predicted molar refractivity (Wildman–Crippen MR) is 18.7 cm³/mol. The molecule has 3 N–H and O–H groups in total. The lowest BCUT2D eigenvalue weighted by molar-refractivity contribution is -0.121. The van der Waals surface area contributed by atoms with Gasteiger partial charge in [-0.15, -0.1) is 0 Å². The number of carbonyl (C=O) groups is 1. The van der Waals surface area contributed by atoms with E-state index >= 15 is 0 Å². The van der Waals surface area contributed by atoms with E-state index in [0.717, 1.165) is 0 Å². The molecular formula is C2H4N2O2. The van der Waals surface area contributed by atoms with Crippen LogP contribution in [0.5, 0.6) is 0 Å². The van der Waals surface area contributed by atoms with Crippen molar-refractivity contribution < 1.29 is 10.0 Å². The van der Waals surface area contributed by atoms with Gasteiger partial charge in [0.05, 0.1) is 6.21 Å². The lowest BCUT2D eigenvalue weighted by Crippen LogP contribution is -2.18. The molecule has 0 aromatic rings. The summed E-state index contributed by atoms with van der Waals surface area (Å²) in [6.45, 7) is 0. The highest BCUT2D eigenvalue weighted by Crippen LogP contribution is 1.43. The van der Waals surface area contributed by atoms with Crippen molar-refractivity contribution in [3.63, 3.8) is 0 Å². The van der Waals surface area contributed by atoms with Gasteiger partial charge in [0.15, 0.2) is 0 Å². The van der Waals surface area contributed by atoms with Gasteiger partial charge in [-0.05, 0) is 0 Å². The van der Waals surface area contributed by atoms with Crippen molar-refractivity contribution in [3.8, 4) is 0 Å². The summed E-state index contributed by atoms with van der Waals surface area (Å²) in [7, 11) is 0. The molecule has 4 heteroatoms. The smallest absolute Gasteiger partial charge is 0.285 e. The maximum absolute atomic E-state index is 9.58. The maximum atomic E-state index is 9.58. The second kappa shape index (κ2) is 2.34. The molecule has 0 heterocycles. The third kappa shape index (κ3) is 1.42. The minimum atomic E-state index is -0.810. The Morgan fingerprint density at radius 1 is 2.00 bits per heavy atom. The number of hydrogen-bond acceptors (Lipinski definition) is 3. The van der Waals surface area contributed by atoms with E-state index in [9.17, 15) is 4.79 Å². The molecule has 6 heavy (non-hydrogen) atoms. The van der Waals surface area contributed by atoms with Gasteiger partial charge in [-0.1, -0.05) is 0 Å². The lowest BCUT2D eigenvalue weighted by atomic mass is 10.7. The third-order valence-corrected chi connectivity index (χ3v) is 0.241. The summed E-state index contributed by atoms with van der Waals surface area (Å²) in [4.78, 5) is 9.58. The van der Waals surface area contributed by atoms with E-state index in [2.05, 4.69) is 0 Å². The van der Waals surface area contributed by atoms with Crippen molar-refractivity contribution in [1.82, 2.24) is 5.48 Å². The Hall–Kier alpha value is -0.900. The van der Waals surface area contributed by atoms with E-state index in [0.29, 0.717) is 6.21 Å². The Morgan fingerprint density at radius 3 is 2.50 bits per heavy atom. The van der Waals surface area contributed by atoms with Gasteiger partial charge in [-0.2, -0.15) is 0 Å². The molecule has 0 atom stereocenters. The van der Waals surface area contributed by atoms with E-state index < -0.39 is 5.91 Å². The zero-order valence-electron chi connectivity index (χ0n) is 2.93. The second-order valence-corrected chi connectivity index (χ2v) is 0.620. The molecule has 0 aliphatic carbocycles. The molecule has 0 unspecified atom stereocenters. The molecule has 0 bridgehead atoms. The first-order valence-corrected chi connectivity index (χ1v) is 1.26. The molecule has 4 nitrogen and oxygen atoms in total. The normalized spacial score (nSPS) is 6.83. The van der Waals surface area contributed by atoms with Crippen LogP contribution < -0.4 is 5.48 Å². The average molecular weight is 88.1 g/mol. The summed E-state index contributed by atoms with van der Waals surface area (Å²) in [5.41, 5.74) is 1.23. The van der Waals surface area contributed by atoms with E-state index in [1.165, 1.54) is 5.48 Å². The molecular weight excluding hydrogens is 84.0 g/mol. The molecule has 1 amide bonds. The second-order valence-electron chi connectivity index (χ2n) is 0.620. The van der Waals surface area contributed by atoms with Crippen LogP contribution in [0.3, 0.4) is 0 Å². The molecule has 0 saturated carbocycles. The Labute approximate surface area is 34.2 Å². The Kier molecular flexibility index (Phi) is 1.99. The quantitative estimate of drug-likeness (QED) is 0.222. The summed E-state index contributed by atoms with van der Waals surface area (Å²) in [5.74, 6) is -0.810. The summed E-state index contributed by atoms with van der Waals surface area (Å²) < 4.78 is 0. The standard InChI is InChI=1S/C2H4N2O2/c3-1-2(5)4-6/h1,3,6H,(H,4,5). The van der Waals surface area contributed by atoms with E-state index in [1.807, 2.05) is 0 Å². The SMILES string of the molecule is N=CC(=O)NO. The minimum Gasteiger partial charge on any atom is -0.303 e. The van der Waals surface area contributed by atoms with Gasteiger partial charge in [0.25, 0.3) is 5.91 Å². The molecule has 0 saturated heterocycles. The van der Waals surface area contributed by atoms with Crippen molar-refractivity contribution in [3.05, 3.63) is 0 Å². The molecule has 0 aromatic carbocycles. The van der Waals surface area contributed by atoms with Crippen molar-refractivity contribution in [2.24, 2.45) is 0 Å². The predicted octanol–water partition coefficient (Wildman–Crippen LogP) is -0.859. The summed E-state index contributed by atoms with van der Waals surface area (Å²) >= 11 is 0. The van der Waals surface area contributed by atoms with Gasteiger partial charge in [0.1, 0.15) is 0 Å². The molecule has 0 aromatic heterocycles. The van der Waals surface area contributed by atoms with Gasteiger partial charge in [0.2, 0.25) is 0 Å². The third-order valence-electron chi connectivity index (χ3n) is 0.241. The Morgan fingerprint density at radius 2 is 2.50 bits per heavy atom. The number of hydrogen-bond donors (Lipinski definition) is 3. The number of hydroxylamine groups is 1. The highest BCUT2D eigenvalue weighted by molar-refractivity contribution is 6.24. The van der Waals surface area contributed by atoms with E-state index in [4.69, 9.17) is 10.6 Å². The Balaban J connectivity index is 3.23. The topological polar surface area (TPSA) is 73.2 Å². The first-order chi connectivity index (χ1) is 2.81. The van der Waals surface area contributed by atoms with Crippen molar-refractivity contribution in [2.75, 3.05) is 0 Å². The monoisotopic (exact) mass is 88.0 g/mol. The zero-order chi connectivity index (χ0) is 4.99. The highest BCUT2D eigenvalue weighted by atomic mass is 16.5. The Bertz CT molecular complexity index is 69.9. The molecule has 0 spiro atoms. The van der Waals surface area contributed by atoms with E-state index in [1.54, 1.807) is 0 Å². The minimum absolute atomic E-state index is 0.472. The van der Waals surface area contributed by atoms with Crippen LogP contribution in [0.1, 0.15) is 0 Å². The first kappa shape index (κ1) is 5.10. The summed E-state index contributed by atoms with van der Waals surface area (Å²) in [6.07, 6.45) is 0.472. The lowest BCUT2D eigenvalue weighted by Gasteiger charge is -1.80. The summed E-state index contributed by atoms with van der Waals surface area (Å²) in [5, 5.41) is 13.7. The maximum Gasteiger partial charge on any atom is 0.285 e. The van der Waals surface area contributed by atoms with Crippen LogP contribution in [-0.2, 0) is 4.79 Å². The highest BCUT2D eigenvalue weighted by Gasteiger charge is 1.82. The number of carbonyl (C=O) groups excluding carboxylic acids is 1. The number of nitrogens with one attached hydrogen (secondary N) is 2. The number of amides is 1. The van der Waals surface area contributed by atoms with Crippen LogP contribution in [0.4, 0.5) is 0 Å². The van der Waals surface area contributed by atoms with Gasteiger partial charge in [0, 0.05) is 0 Å². The van der Waals surface area contributed by atoms with Crippen molar-refractivity contribution >= 4 is 12.1 Å². The molecule has 0 aliphatic heterocycles. The fourth-order valence-electron chi connectivity index (χ4n) is 0.0323. The van der Waals surface area contributed by atoms with Crippen LogP contribution in [-0.4, -0.2) is 17.3 Å². The van der Waals surface area contributed by atoms with Crippen molar-refractivity contribution in [1.29, 1.82) is 5.41 Å². The van der Waals surface area contributed by atoms with Gasteiger partial charge < -0.3 is 5.41 Å².